The summed E-state index contributed by atoms with van der Waals surface area (Å²) < 4.78 is 0. The second-order valence-electron chi connectivity index (χ2n) is 2.27. The molecule has 0 spiro atoms. The molecule has 62 valence electrons. The predicted molar refractivity (Wildman–Crippen MR) is 56.7 cm³/mol. The van der Waals surface area contributed by atoms with E-state index in [0.717, 1.165) is 10.9 Å². The van der Waals surface area contributed by atoms with Crippen molar-refractivity contribution in [3.05, 3.63) is 35.4 Å². The van der Waals surface area contributed by atoms with Gasteiger partial charge in [-0.1, -0.05) is 39.9 Å². The van der Waals surface area contributed by atoms with Crippen molar-refractivity contribution in [3.8, 4) is 11.8 Å². The number of halogens is 2. The van der Waals surface area contributed by atoms with Crippen LogP contribution in [-0.4, -0.2) is 5.88 Å². The Morgan fingerprint density at radius 3 is 2.42 bits per heavy atom. The zero-order valence-electron chi connectivity index (χ0n) is 6.48. The lowest BCUT2D eigenvalue weighted by molar-refractivity contribution is 1.43. The third-order valence-corrected chi connectivity index (χ3v) is 2.19. The van der Waals surface area contributed by atoms with Gasteiger partial charge in [-0.3, -0.25) is 0 Å². The largest absolute Gasteiger partial charge is 0.113 e. The van der Waals surface area contributed by atoms with Gasteiger partial charge in [0, 0.05) is 10.9 Å². The normalized spacial score (nSPS) is 8.83. The fraction of sp³-hybridized carbons (Fsp3) is 0.200. The first-order chi connectivity index (χ1) is 5.86. The molecule has 1 aromatic rings. The number of rotatable bonds is 1. The molecule has 0 N–H and O–H groups in total. The van der Waals surface area contributed by atoms with Gasteiger partial charge in [-0.2, -0.15) is 0 Å². The van der Waals surface area contributed by atoms with Crippen molar-refractivity contribution in [3.63, 3.8) is 0 Å². The van der Waals surface area contributed by atoms with Gasteiger partial charge in [0.25, 0.3) is 0 Å². The number of benzene rings is 1. The molecule has 0 atom stereocenters. The molecule has 0 fully saturated rings. The molecule has 0 aliphatic rings. The topological polar surface area (TPSA) is 0 Å². The molecule has 0 aliphatic carbocycles. The van der Waals surface area contributed by atoms with Crippen molar-refractivity contribution in [1.82, 2.24) is 0 Å². The zero-order chi connectivity index (χ0) is 8.81. The van der Waals surface area contributed by atoms with E-state index in [2.05, 4.69) is 27.8 Å². The Morgan fingerprint density at radius 1 is 1.25 bits per heavy atom. The van der Waals surface area contributed by atoms with Crippen LogP contribution in [0.5, 0.6) is 0 Å². The highest BCUT2D eigenvalue weighted by atomic mass is 79.9. The molecule has 2 heteroatoms. The Bertz CT molecular complexity index is 292. The minimum atomic E-state index is 0.389. The molecule has 0 aliphatic heterocycles. The van der Waals surface area contributed by atoms with Crippen LogP contribution in [0.4, 0.5) is 0 Å². The summed E-state index contributed by atoms with van der Waals surface area (Å²) in [5.74, 6) is 6.14. The smallest absolute Gasteiger partial charge is 0.0839 e. The molecular formula is C10H8BrCl. The molecule has 0 saturated heterocycles. The van der Waals surface area contributed by atoms with E-state index in [0.29, 0.717) is 5.88 Å². The van der Waals surface area contributed by atoms with E-state index in [1.54, 1.807) is 0 Å². The van der Waals surface area contributed by atoms with E-state index in [1.807, 2.05) is 24.3 Å². The van der Waals surface area contributed by atoms with Gasteiger partial charge >= 0.3 is 0 Å². The lowest BCUT2D eigenvalue weighted by Gasteiger charge is -1.93. The van der Waals surface area contributed by atoms with Crippen LogP contribution in [0, 0.1) is 11.8 Å². The number of alkyl halides is 2. The van der Waals surface area contributed by atoms with Crippen molar-refractivity contribution in [1.29, 1.82) is 0 Å². The van der Waals surface area contributed by atoms with E-state index >= 15 is 0 Å². The average molecular weight is 244 g/mol. The van der Waals surface area contributed by atoms with E-state index in [4.69, 9.17) is 11.6 Å². The fourth-order valence-corrected chi connectivity index (χ4v) is 1.25. The van der Waals surface area contributed by atoms with Crippen LogP contribution in [0.3, 0.4) is 0 Å². The van der Waals surface area contributed by atoms with Gasteiger partial charge < -0.3 is 0 Å². The molecular weight excluding hydrogens is 235 g/mol. The van der Waals surface area contributed by atoms with Gasteiger partial charge in [-0.15, -0.1) is 11.6 Å². The first kappa shape index (κ1) is 9.64. The molecule has 0 radical (unpaired) electrons. The molecule has 0 heterocycles. The van der Waals surface area contributed by atoms with Crippen molar-refractivity contribution in [2.24, 2.45) is 0 Å². The summed E-state index contributed by atoms with van der Waals surface area (Å²) in [6, 6.07) is 8.09. The van der Waals surface area contributed by atoms with E-state index in [1.165, 1.54) is 5.56 Å². The van der Waals surface area contributed by atoms with Crippen LogP contribution >= 0.6 is 27.5 Å². The van der Waals surface area contributed by atoms with Crippen molar-refractivity contribution < 1.29 is 0 Å². The summed E-state index contributed by atoms with van der Waals surface area (Å²) in [5, 5.41) is 0.885. The predicted octanol–water partition coefficient (Wildman–Crippen LogP) is 3.17. The average Bonchev–Trinajstić information content (AvgIpc) is 2.15. The Balaban J connectivity index is 2.78. The van der Waals surface area contributed by atoms with Crippen LogP contribution in [0.15, 0.2) is 24.3 Å². The molecule has 1 aromatic carbocycles. The highest BCUT2D eigenvalue weighted by molar-refractivity contribution is 9.08. The third kappa shape index (κ3) is 2.89. The molecule has 12 heavy (non-hydrogen) atoms. The Kier molecular flexibility index (Phi) is 4.21. The molecule has 0 aromatic heterocycles. The summed E-state index contributed by atoms with van der Waals surface area (Å²) in [6.07, 6.45) is 0. The summed E-state index contributed by atoms with van der Waals surface area (Å²) in [4.78, 5) is 0. The van der Waals surface area contributed by atoms with Crippen molar-refractivity contribution in [2.45, 2.75) is 5.33 Å². The lowest BCUT2D eigenvalue weighted by Crippen LogP contribution is -1.78. The summed E-state index contributed by atoms with van der Waals surface area (Å²) in [7, 11) is 0. The minimum absolute atomic E-state index is 0.389. The maximum atomic E-state index is 5.43. The molecule has 0 saturated carbocycles. The molecule has 0 amide bonds. The Hall–Kier alpha value is -0.450. The SMILES string of the molecule is ClCC#Cc1ccc(CBr)cc1. The molecule has 1 rings (SSSR count). The number of hydrogen-bond donors (Lipinski definition) is 0. The first-order valence-corrected chi connectivity index (χ1v) is 5.22. The number of hydrogen-bond acceptors (Lipinski definition) is 0. The fourth-order valence-electron chi connectivity index (χ4n) is 0.813. The van der Waals surface area contributed by atoms with E-state index in [-0.39, 0.29) is 0 Å². The molecule has 0 unspecified atom stereocenters. The Morgan fingerprint density at radius 2 is 1.92 bits per heavy atom. The van der Waals surface area contributed by atoms with E-state index in [9.17, 15) is 0 Å². The minimum Gasteiger partial charge on any atom is -0.113 e. The molecule has 0 bridgehead atoms. The van der Waals surface area contributed by atoms with Gasteiger partial charge in [0.1, 0.15) is 0 Å². The quantitative estimate of drug-likeness (QED) is 0.525. The lowest BCUT2D eigenvalue weighted by atomic mass is 10.2. The van der Waals surface area contributed by atoms with Gasteiger partial charge in [-0.05, 0) is 17.7 Å². The van der Waals surface area contributed by atoms with Gasteiger partial charge in [0.15, 0.2) is 0 Å². The summed E-state index contributed by atoms with van der Waals surface area (Å²) >= 11 is 8.81. The highest BCUT2D eigenvalue weighted by Gasteiger charge is 1.88. The van der Waals surface area contributed by atoms with Crippen LogP contribution < -0.4 is 0 Å². The van der Waals surface area contributed by atoms with Crippen LogP contribution in [0.2, 0.25) is 0 Å². The summed E-state index contributed by atoms with van der Waals surface area (Å²) in [6.45, 7) is 0. The first-order valence-electron chi connectivity index (χ1n) is 3.56. The maximum absolute atomic E-state index is 5.43. The summed E-state index contributed by atoms with van der Waals surface area (Å²) in [5.41, 5.74) is 2.27. The Labute approximate surface area is 86.1 Å². The van der Waals surface area contributed by atoms with Gasteiger partial charge in [0.2, 0.25) is 0 Å². The third-order valence-electron chi connectivity index (χ3n) is 1.41. The van der Waals surface area contributed by atoms with Crippen LogP contribution in [-0.2, 0) is 5.33 Å². The van der Waals surface area contributed by atoms with Crippen molar-refractivity contribution >= 4 is 27.5 Å². The standard InChI is InChI=1S/C10H8BrCl/c11-8-10-5-3-9(4-6-10)2-1-7-12/h3-6H,7-8H2. The second-order valence-corrected chi connectivity index (χ2v) is 3.09. The maximum Gasteiger partial charge on any atom is 0.0839 e. The highest BCUT2D eigenvalue weighted by Crippen LogP contribution is 2.06. The van der Waals surface area contributed by atoms with Crippen molar-refractivity contribution in [2.75, 3.05) is 5.88 Å². The van der Waals surface area contributed by atoms with Gasteiger partial charge in [0.05, 0.1) is 5.88 Å². The second kappa shape index (κ2) is 5.24. The molecule has 0 nitrogen and oxygen atoms in total. The monoisotopic (exact) mass is 242 g/mol. The van der Waals surface area contributed by atoms with Crippen LogP contribution in [0.25, 0.3) is 0 Å². The zero-order valence-corrected chi connectivity index (χ0v) is 8.82. The van der Waals surface area contributed by atoms with Crippen LogP contribution in [0.1, 0.15) is 11.1 Å². The van der Waals surface area contributed by atoms with E-state index < -0.39 is 0 Å². The van der Waals surface area contributed by atoms with Gasteiger partial charge in [-0.25, -0.2) is 0 Å².